The summed E-state index contributed by atoms with van der Waals surface area (Å²) < 4.78 is 5.27. The van der Waals surface area contributed by atoms with Crippen molar-refractivity contribution in [1.29, 1.82) is 0 Å². The summed E-state index contributed by atoms with van der Waals surface area (Å²) in [5.74, 6) is -0.667. The number of aliphatic hydroxyl groups excluding tert-OH is 1. The van der Waals surface area contributed by atoms with Crippen LogP contribution in [0.5, 0.6) is 0 Å². The Morgan fingerprint density at radius 3 is 2.64 bits per heavy atom. The molecule has 0 bridgehead atoms. The molecule has 0 spiro atoms. The van der Waals surface area contributed by atoms with Crippen molar-refractivity contribution in [2.75, 3.05) is 0 Å². The SMILES string of the molecule is CC(=O)c1ccc(Cc2ccoc2C(=O)C=C(O)c2nc[nH]n2)cc1. The van der Waals surface area contributed by atoms with Crippen LogP contribution in [-0.4, -0.2) is 31.9 Å². The second kappa shape index (κ2) is 6.96. The number of aromatic nitrogens is 3. The highest BCUT2D eigenvalue weighted by molar-refractivity contribution is 6.06. The third kappa shape index (κ3) is 3.72. The van der Waals surface area contributed by atoms with Crippen molar-refractivity contribution in [3.63, 3.8) is 0 Å². The zero-order chi connectivity index (χ0) is 17.8. The molecule has 3 rings (SSSR count). The molecular formula is C18H15N3O4. The lowest BCUT2D eigenvalue weighted by Crippen LogP contribution is -2.01. The fourth-order valence-corrected chi connectivity index (χ4v) is 2.35. The summed E-state index contributed by atoms with van der Waals surface area (Å²) in [6, 6.07) is 8.85. The first-order valence-electron chi connectivity index (χ1n) is 7.52. The Hall–Kier alpha value is -3.48. The van der Waals surface area contributed by atoms with Crippen LogP contribution >= 0.6 is 0 Å². The van der Waals surface area contributed by atoms with Crippen molar-refractivity contribution in [1.82, 2.24) is 15.2 Å². The molecule has 0 saturated carbocycles. The molecule has 2 heterocycles. The number of hydrogen-bond donors (Lipinski definition) is 2. The molecule has 0 aliphatic heterocycles. The third-order valence-electron chi connectivity index (χ3n) is 3.64. The summed E-state index contributed by atoms with van der Waals surface area (Å²) >= 11 is 0. The number of ketones is 2. The normalized spacial score (nSPS) is 11.5. The molecule has 0 fully saturated rings. The maximum absolute atomic E-state index is 12.3. The minimum Gasteiger partial charge on any atom is -0.504 e. The average Bonchev–Trinajstić information content (AvgIpc) is 3.27. The van der Waals surface area contributed by atoms with Gasteiger partial charge in [0.15, 0.2) is 17.3 Å². The predicted molar refractivity (Wildman–Crippen MR) is 89.3 cm³/mol. The molecule has 0 aliphatic rings. The van der Waals surface area contributed by atoms with E-state index in [-0.39, 0.29) is 23.1 Å². The van der Waals surface area contributed by atoms with E-state index in [9.17, 15) is 14.7 Å². The van der Waals surface area contributed by atoms with Crippen LogP contribution in [0.25, 0.3) is 5.76 Å². The first kappa shape index (κ1) is 16.4. The number of benzene rings is 1. The van der Waals surface area contributed by atoms with E-state index in [1.807, 2.05) is 12.1 Å². The van der Waals surface area contributed by atoms with Gasteiger partial charge < -0.3 is 9.52 Å². The molecule has 0 saturated heterocycles. The van der Waals surface area contributed by atoms with Gasteiger partial charge in [0.2, 0.25) is 11.6 Å². The van der Waals surface area contributed by atoms with Gasteiger partial charge in [-0.05, 0) is 18.6 Å². The summed E-state index contributed by atoms with van der Waals surface area (Å²) in [5, 5.41) is 16.0. The number of aromatic amines is 1. The van der Waals surface area contributed by atoms with Crippen LogP contribution in [0.15, 0.2) is 53.4 Å². The van der Waals surface area contributed by atoms with Crippen molar-refractivity contribution in [2.24, 2.45) is 0 Å². The maximum atomic E-state index is 12.3. The molecule has 0 atom stereocenters. The molecule has 3 aromatic rings. The molecule has 0 amide bonds. The van der Waals surface area contributed by atoms with E-state index >= 15 is 0 Å². The average molecular weight is 337 g/mol. The first-order valence-corrected chi connectivity index (χ1v) is 7.52. The number of H-pyrrole nitrogens is 1. The van der Waals surface area contributed by atoms with Gasteiger partial charge in [0.25, 0.3) is 0 Å². The quantitative estimate of drug-likeness (QED) is 0.406. The van der Waals surface area contributed by atoms with Gasteiger partial charge in [-0.25, -0.2) is 4.98 Å². The fourth-order valence-electron chi connectivity index (χ4n) is 2.35. The van der Waals surface area contributed by atoms with Crippen molar-refractivity contribution in [2.45, 2.75) is 13.3 Å². The topological polar surface area (TPSA) is 109 Å². The second-order valence-electron chi connectivity index (χ2n) is 5.42. The lowest BCUT2D eigenvalue weighted by atomic mass is 10.0. The second-order valence-corrected chi connectivity index (χ2v) is 5.42. The number of aliphatic hydroxyl groups is 1. The van der Waals surface area contributed by atoms with Gasteiger partial charge in [0.1, 0.15) is 6.33 Å². The Balaban J connectivity index is 1.79. The zero-order valence-electron chi connectivity index (χ0n) is 13.4. The van der Waals surface area contributed by atoms with Gasteiger partial charge in [-0.15, -0.1) is 0 Å². The molecule has 126 valence electrons. The summed E-state index contributed by atoms with van der Waals surface area (Å²) in [7, 11) is 0. The minimum absolute atomic E-state index is 0.00156. The summed E-state index contributed by atoms with van der Waals surface area (Å²) in [4.78, 5) is 27.4. The van der Waals surface area contributed by atoms with Crippen molar-refractivity contribution >= 4 is 17.3 Å². The third-order valence-corrected chi connectivity index (χ3v) is 3.64. The Labute approximate surface area is 143 Å². The number of nitrogens with one attached hydrogen (secondary N) is 1. The largest absolute Gasteiger partial charge is 0.504 e. The van der Waals surface area contributed by atoms with Crippen molar-refractivity contribution < 1.29 is 19.1 Å². The van der Waals surface area contributed by atoms with Crippen LogP contribution in [0.2, 0.25) is 0 Å². The Morgan fingerprint density at radius 2 is 2.00 bits per heavy atom. The Morgan fingerprint density at radius 1 is 1.24 bits per heavy atom. The molecule has 0 unspecified atom stereocenters. The Bertz CT molecular complexity index is 922. The lowest BCUT2D eigenvalue weighted by Gasteiger charge is -2.03. The molecule has 2 aromatic heterocycles. The van der Waals surface area contributed by atoms with Crippen LogP contribution in [0.1, 0.15) is 44.8 Å². The van der Waals surface area contributed by atoms with E-state index in [0.29, 0.717) is 17.5 Å². The molecule has 2 N–H and O–H groups in total. The number of furan rings is 1. The van der Waals surface area contributed by atoms with E-state index < -0.39 is 5.78 Å². The molecule has 0 radical (unpaired) electrons. The van der Waals surface area contributed by atoms with Gasteiger partial charge in [-0.2, -0.15) is 5.10 Å². The minimum atomic E-state index is -0.484. The van der Waals surface area contributed by atoms with Crippen LogP contribution in [0.3, 0.4) is 0 Å². The number of nitrogens with zero attached hydrogens (tertiary/aromatic N) is 2. The monoisotopic (exact) mass is 337 g/mol. The smallest absolute Gasteiger partial charge is 0.225 e. The van der Waals surface area contributed by atoms with E-state index in [0.717, 1.165) is 11.6 Å². The lowest BCUT2D eigenvalue weighted by molar-refractivity contribution is 0.101. The molecule has 1 aromatic carbocycles. The zero-order valence-corrected chi connectivity index (χ0v) is 13.4. The number of allylic oxidation sites excluding steroid dienone is 1. The van der Waals surface area contributed by atoms with Gasteiger partial charge in [0.05, 0.1) is 6.26 Å². The molecule has 7 heteroatoms. The maximum Gasteiger partial charge on any atom is 0.225 e. The van der Waals surface area contributed by atoms with Gasteiger partial charge >= 0.3 is 0 Å². The molecule has 0 aliphatic carbocycles. The summed E-state index contributed by atoms with van der Waals surface area (Å²) in [6.07, 6.45) is 4.20. The van der Waals surface area contributed by atoms with Gasteiger partial charge in [0, 0.05) is 23.6 Å². The summed E-state index contributed by atoms with van der Waals surface area (Å²) in [5.41, 5.74) is 2.24. The highest BCUT2D eigenvalue weighted by Crippen LogP contribution is 2.18. The highest BCUT2D eigenvalue weighted by atomic mass is 16.3. The predicted octanol–water partition coefficient (Wildman–Crippen LogP) is 2.97. The number of carbonyl (C=O) groups excluding carboxylic acids is 2. The number of rotatable bonds is 6. The van der Waals surface area contributed by atoms with Gasteiger partial charge in [-0.1, -0.05) is 24.3 Å². The van der Waals surface area contributed by atoms with Crippen molar-refractivity contribution in [3.05, 3.63) is 77.3 Å². The highest BCUT2D eigenvalue weighted by Gasteiger charge is 2.16. The first-order chi connectivity index (χ1) is 12.0. The van der Waals surface area contributed by atoms with Crippen LogP contribution in [0.4, 0.5) is 0 Å². The van der Waals surface area contributed by atoms with Crippen LogP contribution in [0, 0.1) is 0 Å². The number of Topliss-reactive ketones (excluding diaryl/α,β-unsaturated/α-hetero) is 1. The van der Waals surface area contributed by atoms with E-state index in [4.69, 9.17) is 4.42 Å². The van der Waals surface area contributed by atoms with Crippen molar-refractivity contribution in [3.8, 4) is 0 Å². The standard InChI is InChI=1S/C18H15N3O4/c1-11(22)13-4-2-12(3-5-13)8-14-6-7-25-17(14)15(23)9-16(24)18-19-10-20-21-18/h2-7,9-10,24H,8H2,1H3,(H,19,20,21). The van der Waals surface area contributed by atoms with Gasteiger partial charge in [-0.3, -0.25) is 14.7 Å². The summed E-state index contributed by atoms with van der Waals surface area (Å²) in [6.45, 7) is 1.51. The van der Waals surface area contributed by atoms with E-state index in [1.165, 1.54) is 19.5 Å². The fraction of sp³-hybridized carbons (Fsp3) is 0.111. The Kier molecular flexibility index (Phi) is 4.56. The molecular weight excluding hydrogens is 322 g/mol. The molecule has 25 heavy (non-hydrogen) atoms. The molecule has 7 nitrogen and oxygen atoms in total. The number of carbonyl (C=O) groups is 2. The number of hydrogen-bond acceptors (Lipinski definition) is 6. The van der Waals surface area contributed by atoms with Crippen LogP contribution < -0.4 is 0 Å². The van der Waals surface area contributed by atoms with Crippen LogP contribution in [-0.2, 0) is 6.42 Å². The van der Waals surface area contributed by atoms with E-state index in [2.05, 4.69) is 15.2 Å². The van der Waals surface area contributed by atoms with E-state index in [1.54, 1.807) is 18.2 Å².